The average Bonchev–Trinajstić information content (AvgIpc) is 3.05. The summed E-state index contributed by atoms with van der Waals surface area (Å²) in [7, 11) is 0. The number of benzene rings is 2. The summed E-state index contributed by atoms with van der Waals surface area (Å²) in [4.78, 5) is 3.57. The number of H-pyrrole nitrogens is 1. The number of aromatic nitrogens is 1. The van der Waals surface area contributed by atoms with Crippen LogP contribution < -0.4 is 5.32 Å². The molecule has 0 saturated carbocycles. The first kappa shape index (κ1) is 23.1. The molecule has 0 aliphatic carbocycles. The molecule has 0 fully saturated rings. The highest BCUT2D eigenvalue weighted by Crippen LogP contribution is 2.34. The normalized spacial score (nSPS) is 13.5. The molecule has 0 aliphatic heterocycles. The lowest BCUT2D eigenvalue weighted by atomic mass is 9.94. The van der Waals surface area contributed by atoms with Gasteiger partial charge in [0.05, 0.1) is 5.56 Å². The number of halogens is 3. The Bertz CT molecular complexity index is 1030. The van der Waals surface area contributed by atoms with Gasteiger partial charge in [0, 0.05) is 28.2 Å². The second-order valence-electron chi connectivity index (χ2n) is 9.10. The van der Waals surface area contributed by atoms with Gasteiger partial charge in [0.25, 0.3) is 0 Å². The highest BCUT2D eigenvalue weighted by molar-refractivity contribution is 5.85. The second kappa shape index (κ2) is 9.31. The van der Waals surface area contributed by atoms with E-state index in [0.717, 1.165) is 47.5 Å². The molecule has 0 radical (unpaired) electrons. The maximum Gasteiger partial charge on any atom is 0.416 e. The van der Waals surface area contributed by atoms with E-state index in [-0.39, 0.29) is 11.6 Å². The van der Waals surface area contributed by atoms with Gasteiger partial charge in [-0.25, -0.2) is 0 Å². The fraction of sp³-hybridized carbons (Fsp3) is 0.385. The van der Waals surface area contributed by atoms with Gasteiger partial charge in [0.2, 0.25) is 0 Å². The van der Waals surface area contributed by atoms with Crippen molar-refractivity contribution in [3.05, 3.63) is 83.6 Å². The third kappa shape index (κ3) is 6.01. The molecule has 1 atom stereocenters. The molecular formula is C26H31F3N2. The summed E-state index contributed by atoms with van der Waals surface area (Å²) in [6.07, 6.45) is 0.822. The van der Waals surface area contributed by atoms with Crippen molar-refractivity contribution in [3.63, 3.8) is 0 Å². The molecule has 3 rings (SSSR count). The zero-order valence-electron chi connectivity index (χ0n) is 18.4. The fourth-order valence-corrected chi connectivity index (χ4v) is 4.05. The summed E-state index contributed by atoms with van der Waals surface area (Å²) >= 11 is 0. The van der Waals surface area contributed by atoms with E-state index in [0.29, 0.717) is 12.0 Å². The Kier molecular flexibility index (Phi) is 6.95. The number of aromatic amines is 1. The number of hydrogen-bond donors (Lipinski definition) is 2. The van der Waals surface area contributed by atoms with Crippen LogP contribution in [-0.4, -0.2) is 10.5 Å². The molecule has 5 heteroatoms. The summed E-state index contributed by atoms with van der Waals surface area (Å²) in [6, 6.07) is 13.7. The number of rotatable bonds is 8. The van der Waals surface area contributed by atoms with Gasteiger partial charge in [-0.2, -0.15) is 13.2 Å². The van der Waals surface area contributed by atoms with E-state index in [1.807, 2.05) is 30.3 Å². The number of hydrogen-bond acceptors (Lipinski definition) is 1. The maximum absolute atomic E-state index is 13.2. The highest BCUT2D eigenvalue weighted by Gasteiger charge is 2.30. The Morgan fingerprint density at radius 3 is 2.48 bits per heavy atom. The molecular weight excluding hydrogens is 397 g/mol. The summed E-state index contributed by atoms with van der Waals surface area (Å²) in [5.41, 5.74) is 3.05. The predicted molar refractivity (Wildman–Crippen MR) is 122 cm³/mol. The van der Waals surface area contributed by atoms with Gasteiger partial charge in [0.15, 0.2) is 0 Å². The largest absolute Gasteiger partial charge is 0.416 e. The number of alkyl halides is 3. The van der Waals surface area contributed by atoms with Crippen LogP contribution in [0.25, 0.3) is 10.9 Å². The van der Waals surface area contributed by atoms with Crippen molar-refractivity contribution >= 4 is 10.9 Å². The van der Waals surface area contributed by atoms with Crippen LogP contribution in [0.1, 0.15) is 68.5 Å². The van der Waals surface area contributed by atoms with Crippen molar-refractivity contribution in [1.82, 2.24) is 10.3 Å². The topological polar surface area (TPSA) is 27.8 Å². The molecule has 166 valence electrons. The zero-order valence-corrected chi connectivity index (χ0v) is 18.4. The first-order chi connectivity index (χ1) is 14.6. The minimum Gasteiger partial charge on any atom is -0.357 e. The summed E-state index contributed by atoms with van der Waals surface area (Å²) in [6.45, 7) is 10.2. The molecule has 0 bridgehead atoms. The average molecular weight is 429 g/mol. The standard InChI is InChI=1S/C26H31F3N2/c1-5-6-7-15-23(31-25(2,3)4)24-21(20-13-8-9-14-22(20)30-24)17-18-11-10-12-19(16-18)26(27,28)29/h5,8-14,16,23,30-31H,1,6-7,15,17H2,2-4H3/t23-/m0/s1. The van der Waals surface area contributed by atoms with Crippen molar-refractivity contribution < 1.29 is 13.2 Å². The van der Waals surface area contributed by atoms with Crippen LogP contribution in [0, 0.1) is 0 Å². The molecule has 0 saturated heterocycles. The van der Waals surface area contributed by atoms with Gasteiger partial charge in [-0.3, -0.25) is 0 Å². The minimum atomic E-state index is -4.35. The van der Waals surface area contributed by atoms with Gasteiger partial charge in [-0.15, -0.1) is 6.58 Å². The summed E-state index contributed by atoms with van der Waals surface area (Å²) in [5.74, 6) is 0. The zero-order chi connectivity index (χ0) is 22.6. The van der Waals surface area contributed by atoms with Crippen LogP contribution in [0.4, 0.5) is 13.2 Å². The van der Waals surface area contributed by atoms with Crippen LogP contribution in [-0.2, 0) is 12.6 Å². The first-order valence-corrected chi connectivity index (χ1v) is 10.7. The monoisotopic (exact) mass is 428 g/mol. The Morgan fingerprint density at radius 1 is 1.06 bits per heavy atom. The summed E-state index contributed by atoms with van der Waals surface area (Å²) < 4.78 is 39.7. The molecule has 31 heavy (non-hydrogen) atoms. The van der Waals surface area contributed by atoms with E-state index in [2.05, 4.69) is 37.7 Å². The van der Waals surface area contributed by atoms with Gasteiger partial charge in [0.1, 0.15) is 0 Å². The molecule has 0 spiro atoms. The molecule has 1 heterocycles. The molecule has 2 nitrogen and oxygen atoms in total. The predicted octanol–water partition coefficient (Wildman–Crippen LogP) is 7.56. The molecule has 3 aromatic rings. The van der Waals surface area contributed by atoms with E-state index in [1.54, 1.807) is 6.07 Å². The van der Waals surface area contributed by atoms with Gasteiger partial charge >= 0.3 is 6.18 Å². The van der Waals surface area contributed by atoms with Crippen LogP contribution in [0.2, 0.25) is 0 Å². The lowest BCUT2D eigenvalue weighted by Crippen LogP contribution is -2.39. The van der Waals surface area contributed by atoms with E-state index < -0.39 is 11.7 Å². The Labute approximate surface area is 182 Å². The lowest BCUT2D eigenvalue weighted by Gasteiger charge is -2.29. The number of nitrogens with one attached hydrogen (secondary N) is 2. The Morgan fingerprint density at radius 2 is 1.81 bits per heavy atom. The molecule has 0 unspecified atom stereocenters. The molecule has 0 amide bonds. The quantitative estimate of drug-likeness (QED) is 0.281. The van der Waals surface area contributed by atoms with E-state index in [4.69, 9.17) is 0 Å². The number of allylic oxidation sites excluding steroid dienone is 1. The molecule has 2 N–H and O–H groups in total. The van der Waals surface area contributed by atoms with Crippen molar-refractivity contribution in [2.75, 3.05) is 0 Å². The van der Waals surface area contributed by atoms with Gasteiger partial charge in [-0.05, 0) is 69.7 Å². The third-order valence-electron chi connectivity index (χ3n) is 5.34. The molecule has 0 aliphatic rings. The SMILES string of the molecule is C=CCCC[C@H](NC(C)(C)C)c1[nH]c2ccccc2c1Cc1cccc(C(F)(F)F)c1. The van der Waals surface area contributed by atoms with Crippen LogP contribution in [0.15, 0.2) is 61.2 Å². The van der Waals surface area contributed by atoms with Crippen molar-refractivity contribution in [2.24, 2.45) is 0 Å². The maximum atomic E-state index is 13.2. The Balaban J connectivity index is 2.05. The second-order valence-corrected chi connectivity index (χ2v) is 9.10. The first-order valence-electron chi connectivity index (χ1n) is 10.7. The van der Waals surface area contributed by atoms with Crippen LogP contribution in [0.5, 0.6) is 0 Å². The summed E-state index contributed by atoms with van der Waals surface area (Å²) in [5, 5.41) is 4.76. The smallest absolute Gasteiger partial charge is 0.357 e. The number of para-hydroxylation sites is 1. The van der Waals surface area contributed by atoms with Crippen LogP contribution in [0.3, 0.4) is 0 Å². The highest BCUT2D eigenvalue weighted by atomic mass is 19.4. The number of fused-ring (bicyclic) bond motifs is 1. The van der Waals surface area contributed by atoms with E-state index >= 15 is 0 Å². The van der Waals surface area contributed by atoms with Crippen LogP contribution >= 0.6 is 0 Å². The minimum absolute atomic E-state index is 0.0631. The van der Waals surface area contributed by atoms with Gasteiger partial charge in [-0.1, -0.05) is 42.5 Å². The number of unbranched alkanes of at least 4 members (excludes halogenated alkanes) is 1. The van der Waals surface area contributed by atoms with E-state index in [1.165, 1.54) is 12.1 Å². The fourth-order valence-electron chi connectivity index (χ4n) is 4.05. The van der Waals surface area contributed by atoms with E-state index in [9.17, 15) is 13.2 Å². The lowest BCUT2D eigenvalue weighted by molar-refractivity contribution is -0.137. The van der Waals surface area contributed by atoms with Crippen molar-refractivity contribution in [2.45, 2.75) is 64.2 Å². The van der Waals surface area contributed by atoms with Crippen molar-refractivity contribution in [1.29, 1.82) is 0 Å². The molecule has 1 aromatic heterocycles. The Hall–Kier alpha value is -2.53. The van der Waals surface area contributed by atoms with Crippen molar-refractivity contribution in [3.8, 4) is 0 Å². The van der Waals surface area contributed by atoms with Gasteiger partial charge < -0.3 is 10.3 Å². The third-order valence-corrected chi connectivity index (χ3v) is 5.34. The molecule has 2 aromatic carbocycles.